The lowest BCUT2D eigenvalue weighted by Crippen LogP contribution is -1.84. The number of benzene rings is 4. The molecule has 25 heavy (non-hydrogen) atoms. The molecule has 3 heteroatoms. The number of hydrogen-bond acceptors (Lipinski definition) is 3. The summed E-state index contributed by atoms with van der Waals surface area (Å²) < 4.78 is 5.17. The third kappa shape index (κ3) is 3.36. The van der Waals surface area contributed by atoms with Gasteiger partial charge in [0.05, 0.1) is 7.11 Å². The highest BCUT2D eigenvalue weighted by molar-refractivity contribution is 5.93. The lowest BCUT2D eigenvalue weighted by Gasteiger charge is -2.05. The van der Waals surface area contributed by atoms with Gasteiger partial charge in [-0.25, -0.2) is 0 Å². The van der Waals surface area contributed by atoms with Gasteiger partial charge in [-0.3, -0.25) is 0 Å². The molecule has 0 unspecified atom stereocenters. The highest BCUT2D eigenvalue weighted by Crippen LogP contribution is 2.31. The first-order valence-corrected chi connectivity index (χ1v) is 8.04. The highest BCUT2D eigenvalue weighted by Gasteiger charge is 2.03. The smallest absolute Gasteiger partial charge is 0.126 e. The van der Waals surface area contributed by atoms with Crippen molar-refractivity contribution in [3.8, 4) is 17.2 Å². The quantitative estimate of drug-likeness (QED) is 0.490. The number of fused-ring (bicyclic) bond motifs is 2. The average molecular weight is 332 g/mol. The van der Waals surface area contributed by atoms with Crippen molar-refractivity contribution in [3.05, 3.63) is 78.4 Å². The van der Waals surface area contributed by atoms with Gasteiger partial charge in [0.2, 0.25) is 0 Å². The molecule has 0 radical (unpaired) electrons. The van der Waals surface area contributed by atoms with E-state index in [4.69, 9.17) is 4.74 Å². The topological polar surface area (TPSA) is 49.7 Å². The molecule has 0 spiro atoms. The summed E-state index contributed by atoms with van der Waals surface area (Å²) in [5.74, 6) is 1.43. The molecule has 0 heterocycles. The maximum atomic E-state index is 9.54. The predicted molar refractivity (Wildman–Crippen MR) is 103 cm³/mol. The van der Waals surface area contributed by atoms with Gasteiger partial charge in [0, 0.05) is 16.2 Å². The zero-order valence-corrected chi connectivity index (χ0v) is 14.2. The van der Waals surface area contributed by atoms with Gasteiger partial charge in [0.25, 0.3) is 0 Å². The summed E-state index contributed by atoms with van der Waals surface area (Å²) in [4.78, 5) is 0. The molecule has 0 aliphatic rings. The second-order valence-corrected chi connectivity index (χ2v) is 5.78. The van der Waals surface area contributed by atoms with Gasteiger partial charge in [-0.05, 0) is 36.1 Å². The third-order valence-corrected chi connectivity index (χ3v) is 4.20. The molecule has 0 aliphatic carbocycles. The molecule has 3 nitrogen and oxygen atoms in total. The van der Waals surface area contributed by atoms with E-state index in [9.17, 15) is 10.2 Å². The van der Waals surface area contributed by atoms with Gasteiger partial charge in [-0.2, -0.15) is 0 Å². The monoisotopic (exact) mass is 332 g/mol. The first kappa shape index (κ1) is 16.7. The Hall–Kier alpha value is -3.20. The Kier molecular flexibility index (Phi) is 4.75. The number of rotatable bonds is 1. The maximum Gasteiger partial charge on any atom is 0.126 e. The summed E-state index contributed by atoms with van der Waals surface area (Å²) in [5.41, 5.74) is 1.20. The molecule has 0 saturated carbocycles. The van der Waals surface area contributed by atoms with Gasteiger partial charge < -0.3 is 14.9 Å². The van der Waals surface area contributed by atoms with Crippen LogP contribution in [-0.4, -0.2) is 17.3 Å². The Morgan fingerprint density at radius 2 is 1.08 bits per heavy atom. The minimum atomic E-state index is 0.288. The summed E-state index contributed by atoms with van der Waals surface area (Å²) >= 11 is 0. The van der Waals surface area contributed by atoms with Crippen molar-refractivity contribution in [1.29, 1.82) is 0 Å². The standard InChI is InChI=1S/C11H10O2.C11H10O/c1-13-11-7-6-10(12)8-4-2-3-5-9(8)11;1-8-6-7-11(12)10-5-3-2-4-9(8)10/h2-7,12H,1H3;2-7,12H,1H3. The van der Waals surface area contributed by atoms with Gasteiger partial charge >= 0.3 is 0 Å². The Labute approximate surface area is 146 Å². The molecule has 4 rings (SSSR count). The van der Waals surface area contributed by atoms with Crippen molar-refractivity contribution in [2.45, 2.75) is 6.92 Å². The molecule has 0 atom stereocenters. The van der Waals surface area contributed by atoms with E-state index >= 15 is 0 Å². The summed E-state index contributed by atoms with van der Waals surface area (Å²) in [6.07, 6.45) is 0. The van der Waals surface area contributed by atoms with Gasteiger partial charge in [-0.1, -0.05) is 54.6 Å². The molecule has 4 aromatic carbocycles. The Morgan fingerprint density at radius 3 is 1.64 bits per heavy atom. The second-order valence-electron chi connectivity index (χ2n) is 5.78. The van der Waals surface area contributed by atoms with Gasteiger partial charge in [0.1, 0.15) is 17.2 Å². The zero-order valence-electron chi connectivity index (χ0n) is 14.2. The molecular formula is C22H20O3. The number of phenols is 2. The normalized spacial score (nSPS) is 10.3. The van der Waals surface area contributed by atoms with Gasteiger partial charge in [-0.15, -0.1) is 0 Å². The lowest BCUT2D eigenvalue weighted by atomic mass is 10.1. The molecule has 0 amide bonds. The number of aromatic hydroxyl groups is 2. The molecule has 126 valence electrons. The fourth-order valence-corrected chi connectivity index (χ4v) is 2.87. The number of methoxy groups -OCH3 is 1. The lowest BCUT2D eigenvalue weighted by molar-refractivity contribution is 0.418. The van der Waals surface area contributed by atoms with Crippen molar-refractivity contribution in [1.82, 2.24) is 0 Å². The first-order chi connectivity index (χ1) is 12.1. The summed E-state index contributed by atoms with van der Waals surface area (Å²) in [6, 6.07) is 22.5. The molecular weight excluding hydrogens is 312 g/mol. The summed E-state index contributed by atoms with van der Waals surface area (Å²) in [5, 5.41) is 22.8. The first-order valence-electron chi connectivity index (χ1n) is 8.04. The van der Waals surface area contributed by atoms with E-state index in [1.54, 1.807) is 25.3 Å². The summed E-state index contributed by atoms with van der Waals surface area (Å²) in [7, 11) is 1.62. The van der Waals surface area contributed by atoms with E-state index in [0.29, 0.717) is 5.75 Å². The highest BCUT2D eigenvalue weighted by atomic mass is 16.5. The SMILES string of the molecule is COc1ccc(O)c2ccccc12.Cc1ccc(O)c2ccccc12. The predicted octanol–water partition coefficient (Wildman–Crippen LogP) is 5.41. The van der Waals surface area contributed by atoms with Crippen LogP contribution in [0.5, 0.6) is 17.2 Å². The van der Waals surface area contributed by atoms with E-state index in [1.165, 1.54) is 5.56 Å². The van der Waals surface area contributed by atoms with E-state index in [-0.39, 0.29) is 5.75 Å². The van der Waals surface area contributed by atoms with Crippen molar-refractivity contribution in [2.24, 2.45) is 0 Å². The Morgan fingerprint density at radius 1 is 0.600 bits per heavy atom. The minimum absolute atomic E-state index is 0.288. The van der Waals surface area contributed by atoms with Gasteiger partial charge in [0.15, 0.2) is 0 Å². The van der Waals surface area contributed by atoms with Crippen molar-refractivity contribution >= 4 is 21.5 Å². The van der Waals surface area contributed by atoms with Crippen molar-refractivity contribution < 1.29 is 14.9 Å². The van der Waals surface area contributed by atoms with Crippen LogP contribution in [0.15, 0.2) is 72.8 Å². The van der Waals surface area contributed by atoms with E-state index in [2.05, 4.69) is 0 Å². The molecule has 4 aromatic rings. The summed E-state index contributed by atoms with van der Waals surface area (Å²) in [6.45, 7) is 2.04. The van der Waals surface area contributed by atoms with Crippen LogP contribution in [0, 0.1) is 6.92 Å². The van der Waals surface area contributed by atoms with Crippen molar-refractivity contribution in [2.75, 3.05) is 7.11 Å². The van der Waals surface area contributed by atoms with Crippen LogP contribution < -0.4 is 4.74 Å². The molecule has 2 N–H and O–H groups in total. The number of hydrogen-bond donors (Lipinski definition) is 2. The average Bonchev–Trinajstić information content (AvgIpc) is 2.66. The Balaban J connectivity index is 0.000000146. The van der Waals surface area contributed by atoms with Crippen molar-refractivity contribution in [3.63, 3.8) is 0 Å². The zero-order chi connectivity index (χ0) is 17.8. The molecule has 0 saturated heterocycles. The fraction of sp³-hybridized carbons (Fsp3) is 0.0909. The maximum absolute atomic E-state index is 9.54. The van der Waals surface area contributed by atoms with Crippen LogP contribution in [0.1, 0.15) is 5.56 Å². The molecule has 0 fully saturated rings. The van der Waals surface area contributed by atoms with E-state index < -0.39 is 0 Å². The fourth-order valence-electron chi connectivity index (χ4n) is 2.87. The van der Waals surface area contributed by atoms with E-state index in [1.807, 2.05) is 61.5 Å². The number of ether oxygens (including phenoxy) is 1. The number of aryl methyl sites for hydroxylation is 1. The van der Waals surface area contributed by atoms with Crippen LogP contribution >= 0.6 is 0 Å². The molecule has 0 aromatic heterocycles. The third-order valence-electron chi connectivity index (χ3n) is 4.20. The van der Waals surface area contributed by atoms with Crippen LogP contribution in [0.3, 0.4) is 0 Å². The van der Waals surface area contributed by atoms with Crippen LogP contribution in [0.25, 0.3) is 21.5 Å². The minimum Gasteiger partial charge on any atom is -0.507 e. The molecule has 0 bridgehead atoms. The van der Waals surface area contributed by atoms with Crippen LogP contribution in [0.4, 0.5) is 0 Å². The Bertz CT molecular complexity index is 982. The largest absolute Gasteiger partial charge is 0.507 e. The van der Waals surface area contributed by atoms with Crippen LogP contribution in [-0.2, 0) is 0 Å². The number of phenolic OH excluding ortho intramolecular Hbond substituents is 2. The van der Waals surface area contributed by atoms with Crippen LogP contribution in [0.2, 0.25) is 0 Å². The second kappa shape index (κ2) is 7.14. The van der Waals surface area contributed by atoms with E-state index in [0.717, 1.165) is 27.3 Å². The molecule has 0 aliphatic heterocycles.